The second kappa shape index (κ2) is 8.66. The monoisotopic (exact) mass is 365 g/mol. The highest BCUT2D eigenvalue weighted by molar-refractivity contribution is 5.96. The summed E-state index contributed by atoms with van der Waals surface area (Å²) in [5, 5.41) is 9.77. The lowest BCUT2D eigenvalue weighted by Crippen LogP contribution is -2.41. The van der Waals surface area contributed by atoms with E-state index in [2.05, 4.69) is 9.88 Å². The van der Waals surface area contributed by atoms with Gasteiger partial charge in [-0.05, 0) is 12.0 Å². The first kappa shape index (κ1) is 18.9. The van der Waals surface area contributed by atoms with E-state index in [1.807, 2.05) is 0 Å². The van der Waals surface area contributed by atoms with Crippen molar-refractivity contribution in [3.63, 3.8) is 0 Å². The first-order valence-corrected chi connectivity index (χ1v) is 8.95. The Labute approximate surface area is 153 Å². The topological polar surface area (TPSA) is 84.4 Å². The van der Waals surface area contributed by atoms with Gasteiger partial charge in [0.15, 0.2) is 0 Å². The molecule has 3 heterocycles. The maximum absolute atomic E-state index is 13.0. The van der Waals surface area contributed by atoms with E-state index in [1.54, 1.807) is 17.0 Å². The molecule has 8 nitrogen and oxygen atoms in total. The number of rotatable bonds is 6. The third kappa shape index (κ3) is 4.08. The molecule has 0 aliphatic carbocycles. The number of nitrogens with zero attached hydrogens (tertiary/aromatic N) is 3. The molecule has 0 aromatic carbocycles. The van der Waals surface area contributed by atoms with Crippen molar-refractivity contribution in [1.82, 2.24) is 14.8 Å². The summed E-state index contributed by atoms with van der Waals surface area (Å²) in [6, 6.07) is 3.33. The lowest BCUT2D eigenvalue weighted by Gasteiger charge is -2.30. The lowest BCUT2D eigenvalue weighted by molar-refractivity contribution is 0.0264. The number of morpholine rings is 1. The zero-order valence-electron chi connectivity index (χ0n) is 15.4. The van der Waals surface area contributed by atoms with Crippen LogP contribution in [0.4, 0.5) is 0 Å². The van der Waals surface area contributed by atoms with E-state index >= 15 is 0 Å². The van der Waals surface area contributed by atoms with Crippen molar-refractivity contribution in [3.05, 3.63) is 17.7 Å². The SMILES string of the molecule is COc1ccc(C(=O)N2C[C@@H](CN3CCOCC3)[C@@H](CO)C2)c(OC)n1. The van der Waals surface area contributed by atoms with Crippen molar-refractivity contribution in [3.8, 4) is 11.8 Å². The number of amides is 1. The summed E-state index contributed by atoms with van der Waals surface area (Å²) in [5.41, 5.74) is 0.414. The van der Waals surface area contributed by atoms with E-state index in [9.17, 15) is 9.90 Å². The molecule has 0 saturated carbocycles. The lowest BCUT2D eigenvalue weighted by atomic mass is 9.96. The predicted molar refractivity (Wildman–Crippen MR) is 94.6 cm³/mol. The molecule has 144 valence electrons. The van der Waals surface area contributed by atoms with Crippen LogP contribution in [-0.2, 0) is 4.74 Å². The third-order valence-corrected chi connectivity index (χ3v) is 5.16. The minimum Gasteiger partial charge on any atom is -0.481 e. The van der Waals surface area contributed by atoms with Crippen LogP contribution in [0.25, 0.3) is 0 Å². The van der Waals surface area contributed by atoms with Gasteiger partial charge >= 0.3 is 0 Å². The maximum Gasteiger partial charge on any atom is 0.259 e. The van der Waals surface area contributed by atoms with Crippen LogP contribution in [0.2, 0.25) is 0 Å². The van der Waals surface area contributed by atoms with Gasteiger partial charge in [0.05, 0.1) is 27.4 Å². The van der Waals surface area contributed by atoms with E-state index in [0.717, 1.165) is 32.8 Å². The number of hydrogen-bond donors (Lipinski definition) is 1. The van der Waals surface area contributed by atoms with Gasteiger partial charge in [-0.2, -0.15) is 4.98 Å². The normalized spacial score (nSPS) is 23.9. The van der Waals surface area contributed by atoms with Crippen LogP contribution in [0.15, 0.2) is 12.1 Å². The molecule has 1 aromatic heterocycles. The number of pyridine rings is 1. The average molecular weight is 365 g/mol. The molecule has 1 N–H and O–H groups in total. The Balaban J connectivity index is 1.70. The number of aromatic nitrogens is 1. The van der Waals surface area contributed by atoms with Crippen molar-refractivity contribution in [2.24, 2.45) is 11.8 Å². The highest BCUT2D eigenvalue weighted by atomic mass is 16.5. The van der Waals surface area contributed by atoms with E-state index < -0.39 is 0 Å². The molecule has 1 aromatic rings. The number of aliphatic hydroxyl groups is 1. The average Bonchev–Trinajstić information content (AvgIpc) is 3.10. The van der Waals surface area contributed by atoms with Gasteiger partial charge < -0.3 is 24.2 Å². The van der Waals surface area contributed by atoms with E-state index in [1.165, 1.54) is 14.2 Å². The molecule has 26 heavy (non-hydrogen) atoms. The fraction of sp³-hybridized carbons (Fsp3) is 0.667. The minimum absolute atomic E-state index is 0.0801. The van der Waals surface area contributed by atoms with Gasteiger partial charge in [0.25, 0.3) is 5.91 Å². The summed E-state index contributed by atoms with van der Waals surface area (Å²) in [7, 11) is 3.01. The van der Waals surface area contributed by atoms with Gasteiger partial charge in [-0.3, -0.25) is 9.69 Å². The van der Waals surface area contributed by atoms with Crippen LogP contribution in [-0.4, -0.2) is 92.6 Å². The minimum atomic E-state index is -0.125. The Kier molecular flexibility index (Phi) is 6.29. The number of ether oxygens (including phenoxy) is 3. The van der Waals surface area contributed by atoms with Crippen LogP contribution < -0.4 is 9.47 Å². The quantitative estimate of drug-likeness (QED) is 0.766. The highest BCUT2D eigenvalue weighted by Gasteiger charge is 2.37. The summed E-state index contributed by atoms with van der Waals surface area (Å²) in [4.78, 5) is 21.3. The van der Waals surface area contributed by atoms with Gasteiger partial charge in [-0.25, -0.2) is 0 Å². The van der Waals surface area contributed by atoms with E-state index in [-0.39, 0.29) is 30.2 Å². The molecule has 2 atom stereocenters. The zero-order chi connectivity index (χ0) is 18.5. The van der Waals surface area contributed by atoms with Crippen LogP contribution in [0.5, 0.6) is 11.8 Å². The molecule has 0 radical (unpaired) electrons. The first-order valence-electron chi connectivity index (χ1n) is 8.95. The van der Waals surface area contributed by atoms with Gasteiger partial charge in [-0.1, -0.05) is 0 Å². The summed E-state index contributed by atoms with van der Waals surface area (Å²) in [6.07, 6.45) is 0. The number of hydrogen-bond acceptors (Lipinski definition) is 7. The van der Waals surface area contributed by atoms with Crippen LogP contribution >= 0.6 is 0 Å². The summed E-state index contributed by atoms with van der Waals surface area (Å²) in [6.45, 7) is 5.41. The van der Waals surface area contributed by atoms with Crippen molar-refractivity contribution in [2.45, 2.75) is 0 Å². The molecular formula is C18H27N3O5. The number of carbonyl (C=O) groups excluding carboxylic acids is 1. The van der Waals surface area contributed by atoms with Gasteiger partial charge in [0.2, 0.25) is 11.8 Å². The summed E-state index contributed by atoms with van der Waals surface area (Å²) in [5.74, 6) is 0.864. The summed E-state index contributed by atoms with van der Waals surface area (Å²) < 4.78 is 15.7. The maximum atomic E-state index is 13.0. The van der Waals surface area contributed by atoms with E-state index in [0.29, 0.717) is 24.5 Å². The van der Waals surface area contributed by atoms with Crippen molar-refractivity contribution >= 4 is 5.91 Å². The van der Waals surface area contributed by atoms with Crippen LogP contribution in [0, 0.1) is 11.8 Å². The molecule has 1 amide bonds. The third-order valence-electron chi connectivity index (χ3n) is 5.16. The largest absolute Gasteiger partial charge is 0.481 e. The smallest absolute Gasteiger partial charge is 0.259 e. The van der Waals surface area contributed by atoms with Gasteiger partial charge in [-0.15, -0.1) is 0 Å². The summed E-state index contributed by atoms with van der Waals surface area (Å²) >= 11 is 0. The number of likely N-dealkylation sites (tertiary alicyclic amines) is 1. The second-order valence-electron chi connectivity index (χ2n) is 6.74. The molecule has 2 saturated heterocycles. The Morgan fingerprint density at radius 1 is 1.23 bits per heavy atom. The van der Waals surface area contributed by atoms with Crippen molar-refractivity contribution in [1.29, 1.82) is 0 Å². The molecule has 0 unspecified atom stereocenters. The molecule has 0 bridgehead atoms. The van der Waals surface area contributed by atoms with E-state index in [4.69, 9.17) is 14.2 Å². The van der Waals surface area contributed by atoms with Crippen molar-refractivity contribution in [2.75, 3.05) is 66.8 Å². The molecule has 2 aliphatic heterocycles. The molecule has 2 aliphatic rings. The fourth-order valence-corrected chi connectivity index (χ4v) is 3.66. The number of methoxy groups -OCH3 is 2. The fourth-order valence-electron chi connectivity index (χ4n) is 3.66. The van der Waals surface area contributed by atoms with Crippen LogP contribution in [0.1, 0.15) is 10.4 Å². The van der Waals surface area contributed by atoms with Crippen molar-refractivity contribution < 1.29 is 24.1 Å². The Morgan fingerprint density at radius 3 is 2.62 bits per heavy atom. The predicted octanol–water partition coefficient (Wildman–Crippen LogP) is 0.112. The molecule has 3 rings (SSSR count). The van der Waals surface area contributed by atoms with Crippen LogP contribution in [0.3, 0.4) is 0 Å². The molecular weight excluding hydrogens is 338 g/mol. The molecule has 0 spiro atoms. The zero-order valence-corrected chi connectivity index (χ0v) is 15.4. The molecule has 2 fully saturated rings. The standard InChI is InChI=1S/C18H27N3O5/c1-24-16-4-3-15(17(19-16)25-2)18(23)21-10-13(14(11-21)12-22)9-20-5-7-26-8-6-20/h3-4,13-14,22H,5-12H2,1-2H3/t13-,14-/m1/s1. The Morgan fingerprint density at radius 2 is 1.96 bits per heavy atom. The molecule has 8 heteroatoms. The Bertz CT molecular complexity index is 621. The van der Waals surface area contributed by atoms with Gasteiger partial charge in [0.1, 0.15) is 5.56 Å². The number of aliphatic hydroxyl groups excluding tert-OH is 1. The Hall–Kier alpha value is -1.90. The first-order chi connectivity index (χ1) is 12.7. The van der Waals surface area contributed by atoms with Gasteiger partial charge in [0, 0.05) is 51.3 Å². The highest BCUT2D eigenvalue weighted by Crippen LogP contribution is 2.28. The number of carbonyl (C=O) groups is 1. The second-order valence-corrected chi connectivity index (χ2v) is 6.74.